The van der Waals surface area contributed by atoms with Crippen LogP contribution in [0.3, 0.4) is 0 Å². The fourth-order valence-corrected chi connectivity index (χ4v) is 2.02. The van der Waals surface area contributed by atoms with Crippen LogP contribution in [0, 0.1) is 0 Å². The number of carbonyl (C=O) groups is 1. The van der Waals surface area contributed by atoms with Crippen LogP contribution in [-0.4, -0.2) is 24.8 Å². The molecule has 0 aromatic heterocycles. The van der Waals surface area contributed by atoms with Gasteiger partial charge in [-0.05, 0) is 16.3 Å². The summed E-state index contributed by atoms with van der Waals surface area (Å²) in [6.07, 6.45) is 0. The molecule has 0 aliphatic heterocycles. The van der Waals surface area contributed by atoms with Crippen molar-refractivity contribution in [3.05, 3.63) is 48.0 Å². The van der Waals surface area contributed by atoms with Crippen LogP contribution in [0.4, 0.5) is 0 Å². The highest BCUT2D eigenvalue weighted by atomic mass is 16.5. The van der Waals surface area contributed by atoms with Gasteiger partial charge >= 0.3 is 5.97 Å². The molecule has 2 aromatic rings. The Morgan fingerprint density at radius 3 is 2.65 bits per heavy atom. The number of rotatable bonds is 4. The number of hydrogen-bond acceptors (Lipinski definition) is 2. The molecule has 0 saturated carbocycles. The zero-order chi connectivity index (χ0) is 12.3. The molecule has 1 atom stereocenters. The molecule has 0 radical (unpaired) electrons. The van der Waals surface area contributed by atoms with E-state index in [0.717, 1.165) is 16.3 Å². The number of benzene rings is 2. The Morgan fingerprint density at radius 1 is 1.24 bits per heavy atom. The lowest BCUT2D eigenvalue weighted by Crippen LogP contribution is -2.17. The minimum absolute atomic E-state index is 0.184. The topological polar surface area (TPSA) is 46.5 Å². The van der Waals surface area contributed by atoms with Gasteiger partial charge in [-0.1, -0.05) is 42.5 Å². The van der Waals surface area contributed by atoms with Crippen molar-refractivity contribution >= 4 is 16.7 Å². The normalized spacial score (nSPS) is 12.5. The van der Waals surface area contributed by atoms with Crippen molar-refractivity contribution in [3.63, 3.8) is 0 Å². The van der Waals surface area contributed by atoms with Crippen LogP contribution in [-0.2, 0) is 9.53 Å². The lowest BCUT2D eigenvalue weighted by molar-refractivity contribution is -0.140. The molecule has 1 N–H and O–H groups in total. The first-order valence-corrected chi connectivity index (χ1v) is 5.43. The second-order valence-electron chi connectivity index (χ2n) is 3.91. The summed E-state index contributed by atoms with van der Waals surface area (Å²) in [6.45, 7) is 0.184. The van der Waals surface area contributed by atoms with E-state index in [4.69, 9.17) is 4.74 Å². The second kappa shape index (κ2) is 4.97. The predicted octanol–water partition coefficient (Wildman–Crippen LogP) is 2.65. The van der Waals surface area contributed by atoms with Gasteiger partial charge in [0.25, 0.3) is 0 Å². The number of carboxylic acid groups (broad SMARTS) is 1. The molecule has 3 heteroatoms. The molecule has 0 bridgehead atoms. The van der Waals surface area contributed by atoms with Crippen LogP contribution < -0.4 is 0 Å². The lowest BCUT2D eigenvalue weighted by Gasteiger charge is -2.14. The molecule has 0 spiro atoms. The molecule has 0 saturated heterocycles. The Hall–Kier alpha value is -1.87. The Balaban J connectivity index is 2.56. The van der Waals surface area contributed by atoms with Gasteiger partial charge < -0.3 is 9.84 Å². The molecule has 17 heavy (non-hydrogen) atoms. The van der Waals surface area contributed by atoms with Crippen molar-refractivity contribution in [2.24, 2.45) is 0 Å². The summed E-state index contributed by atoms with van der Waals surface area (Å²) < 4.78 is 4.99. The van der Waals surface area contributed by atoms with E-state index in [9.17, 15) is 9.90 Å². The van der Waals surface area contributed by atoms with Crippen molar-refractivity contribution in [1.82, 2.24) is 0 Å². The van der Waals surface area contributed by atoms with Gasteiger partial charge in [0.05, 0.1) is 6.61 Å². The standard InChI is InChI=1S/C14H14O3/c1-17-9-13(14(15)16)12-8-4-6-10-5-2-3-7-11(10)12/h2-8,13H,9H2,1H3,(H,15,16). The van der Waals surface area contributed by atoms with E-state index in [1.807, 2.05) is 42.5 Å². The first-order chi connectivity index (χ1) is 8.24. The molecule has 3 nitrogen and oxygen atoms in total. The van der Waals surface area contributed by atoms with Gasteiger partial charge in [0.2, 0.25) is 0 Å². The molecular formula is C14H14O3. The van der Waals surface area contributed by atoms with E-state index in [1.54, 1.807) is 0 Å². The summed E-state index contributed by atoms with van der Waals surface area (Å²) in [5.74, 6) is -1.48. The zero-order valence-corrected chi connectivity index (χ0v) is 9.59. The third kappa shape index (κ3) is 2.29. The minimum Gasteiger partial charge on any atom is -0.481 e. The molecule has 2 aromatic carbocycles. The first kappa shape index (κ1) is 11.6. The SMILES string of the molecule is COCC(C(=O)O)c1cccc2ccccc12. The first-order valence-electron chi connectivity index (χ1n) is 5.43. The van der Waals surface area contributed by atoms with Gasteiger partial charge in [-0.25, -0.2) is 0 Å². The molecule has 0 amide bonds. The molecule has 88 valence electrons. The fourth-order valence-electron chi connectivity index (χ4n) is 2.02. The third-order valence-electron chi connectivity index (χ3n) is 2.83. The highest BCUT2D eigenvalue weighted by Gasteiger charge is 2.21. The smallest absolute Gasteiger partial charge is 0.313 e. The summed E-state index contributed by atoms with van der Waals surface area (Å²) in [5, 5.41) is 11.3. The minimum atomic E-state index is -0.858. The maximum Gasteiger partial charge on any atom is 0.313 e. The van der Waals surface area contributed by atoms with Gasteiger partial charge in [0, 0.05) is 7.11 Å². The highest BCUT2D eigenvalue weighted by molar-refractivity contribution is 5.90. The monoisotopic (exact) mass is 230 g/mol. The van der Waals surface area contributed by atoms with E-state index in [2.05, 4.69) is 0 Å². The number of fused-ring (bicyclic) bond motifs is 1. The summed E-state index contributed by atoms with van der Waals surface area (Å²) in [5.41, 5.74) is 0.803. The van der Waals surface area contributed by atoms with Crippen molar-refractivity contribution in [1.29, 1.82) is 0 Å². The molecule has 1 unspecified atom stereocenters. The van der Waals surface area contributed by atoms with Crippen LogP contribution >= 0.6 is 0 Å². The second-order valence-corrected chi connectivity index (χ2v) is 3.91. The average Bonchev–Trinajstić information content (AvgIpc) is 2.35. The number of ether oxygens (including phenoxy) is 1. The van der Waals surface area contributed by atoms with Gasteiger partial charge in [0.15, 0.2) is 0 Å². The summed E-state index contributed by atoms with van der Waals surface area (Å²) in [7, 11) is 1.51. The molecule has 0 fully saturated rings. The molecule has 0 aliphatic carbocycles. The van der Waals surface area contributed by atoms with E-state index >= 15 is 0 Å². The van der Waals surface area contributed by atoms with E-state index in [1.165, 1.54) is 7.11 Å². The molecule has 0 aliphatic rings. The number of methoxy groups -OCH3 is 1. The maximum atomic E-state index is 11.3. The third-order valence-corrected chi connectivity index (χ3v) is 2.83. The van der Waals surface area contributed by atoms with E-state index < -0.39 is 11.9 Å². The van der Waals surface area contributed by atoms with Gasteiger partial charge in [-0.2, -0.15) is 0 Å². The largest absolute Gasteiger partial charge is 0.481 e. The van der Waals surface area contributed by atoms with Gasteiger partial charge in [-0.3, -0.25) is 4.79 Å². The van der Waals surface area contributed by atoms with Crippen LogP contribution in [0.25, 0.3) is 10.8 Å². The van der Waals surface area contributed by atoms with Crippen molar-refractivity contribution in [2.75, 3.05) is 13.7 Å². The molecule has 0 heterocycles. The van der Waals surface area contributed by atoms with E-state index in [-0.39, 0.29) is 6.61 Å². The lowest BCUT2D eigenvalue weighted by atomic mass is 9.94. The zero-order valence-electron chi connectivity index (χ0n) is 9.59. The summed E-state index contributed by atoms with van der Waals surface area (Å²) in [4.78, 5) is 11.3. The highest BCUT2D eigenvalue weighted by Crippen LogP contribution is 2.26. The van der Waals surface area contributed by atoms with Gasteiger partial charge in [-0.15, -0.1) is 0 Å². The van der Waals surface area contributed by atoms with Crippen molar-refractivity contribution < 1.29 is 14.6 Å². The Morgan fingerprint density at radius 2 is 1.94 bits per heavy atom. The van der Waals surface area contributed by atoms with Gasteiger partial charge in [0.1, 0.15) is 5.92 Å². The fraction of sp³-hybridized carbons (Fsp3) is 0.214. The number of hydrogen-bond donors (Lipinski definition) is 1. The van der Waals surface area contributed by atoms with Crippen LogP contribution in [0.2, 0.25) is 0 Å². The summed E-state index contributed by atoms with van der Waals surface area (Å²) >= 11 is 0. The Bertz CT molecular complexity index is 528. The Kier molecular flexibility index (Phi) is 3.40. The van der Waals surface area contributed by atoms with Crippen LogP contribution in [0.15, 0.2) is 42.5 Å². The van der Waals surface area contributed by atoms with E-state index in [0.29, 0.717) is 0 Å². The summed E-state index contributed by atoms with van der Waals surface area (Å²) in [6, 6.07) is 13.5. The molecule has 2 rings (SSSR count). The quantitative estimate of drug-likeness (QED) is 0.878. The maximum absolute atomic E-state index is 11.3. The Labute approximate surface area is 99.6 Å². The van der Waals surface area contributed by atoms with Crippen molar-refractivity contribution in [3.8, 4) is 0 Å². The van der Waals surface area contributed by atoms with Crippen LogP contribution in [0.1, 0.15) is 11.5 Å². The van der Waals surface area contributed by atoms with Crippen molar-refractivity contribution in [2.45, 2.75) is 5.92 Å². The predicted molar refractivity (Wildman–Crippen MR) is 66.2 cm³/mol. The van der Waals surface area contributed by atoms with Crippen LogP contribution in [0.5, 0.6) is 0 Å². The number of carboxylic acids is 1. The molecular weight excluding hydrogens is 216 g/mol. The average molecular weight is 230 g/mol. The number of aliphatic carboxylic acids is 1.